The van der Waals surface area contributed by atoms with Crippen LogP contribution in [0.2, 0.25) is 0 Å². The maximum atomic E-state index is 13.0. The maximum absolute atomic E-state index is 13.0. The Kier molecular flexibility index (Phi) is 3.85. The fourth-order valence-electron chi connectivity index (χ4n) is 2.28. The lowest BCUT2D eigenvalue weighted by Crippen LogP contribution is -2.21. The molecule has 0 aliphatic carbocycles. The van der Waals surface area contributed by atoms with E-state index >= 15 is 0 Å². The van der Waals surface area contributed by atoms with Crippen LogP contribution in [0.25, 0.3) is 0 Å². The highest BCUT2D eigenvalue weighted by Crippen LogP contribution is 2.36. The monoisotopic (exact) mass is 323 g/mol. The average molecular weight is 323 g/mol. The van der Waals surface area contributed by atoms with Crippen LogP contribution in [0, 0.1) is 0 Å². The Morgan fingerprint density at radius 1 is 1.00 bits per heavy atom. The molecule has 0 spiro atoms. The first-order valence-corrected chi connectivity index (χ1v) is 6.83. The van der Waals surface area contributed by atoms with E-state index in [2.05, 4.69) is 5.32 Å². The smallest absolute Gasteiger partial charge is 0.418 e. The van der Waals surface area contributed by atoms with E-state index in [0.717, 1.165) is 6.07 Å². The highest BCUT2D eigenvalue weighted by molar-refractivity contribution is 6.07. The Morgan fingerprint density at radius 3 is 2.52 bits per heavy atom. The molecule has 7 heteroatoms. The number of anilines is 1. The number of ether oxygens (including phenoxy) is 2. The molecule has 2 aromatic carbocycles. The molecule has 1 amide bonds. The van der Waals surface area contributed by atoms with Gasteiger partial charge in [0, 0.05) is 0 Å². The van der Waals surface area contributed by atoms with E-state index in [9.17, 15) is 18.0 Å². The summed E-state index contributed by atoms with van der Waals surface area (Å²) in [6.45, 7) is 0.630. The van der Waals surface area contributed by atoms with Gasteiger partial charge in [0.15, 0.2) is 11.5 Å². The standard InChI is InChI=1S/C16H12F3NO3/c17-16(18,19)11-5-1-2-6-12(11)20-15(21)10-4-3-7-13-14(10)23-9-8-22-13/h1-7H,8-9H2,(H,20,21). The molecule has 0 saturated heterocycles. The summed E-state index contributed by atoms with van der Waals surface area (Å²) >= 11 is 0. The number of amides is 1. The molecule has 0 aromatic heterocycles. The van der Waals surface area contributed by atoms with Crippen LogP contribution in [-0.4, -0.2) is 19.1 Å². The number of halogens is 3. The summed E-state index contributed by atoms with van der Waals surface area (Å²) in [4.78, 5) is 12.4. The molecule has 0 bridgehead atoms. The third-order valence-electron chi connectivity index (χ3n) is 3.29. The predicted molar refractivity (Wildman–Crippen MR) is 76.8 cm³/mol. The molecule has 2 aromatic rings. The Hall–Kier alpha value is -2.70. The van der Waals surface area contributed by atoms with Crippen LogP contribution < -0.4 is 14.8 Å². The lowest BCUT2D eigenvalue weighted by molar-refractivity contribution is -0.136. The number of hydrogen-bond donors (Lipinski definition) is 1. The van der Waals surface area contributed by atoms with E-state index in [1.54, 1.807) is 12.1 Å². The molecule has 1 heterocycles. The Labute approximate surface area is 129 Å². The van der Waals surface area contributed by atoms with Crippen molar-refractivity contribution >= 4 is 11.6 Å². The second kappa shape index (κ2) is 5.83. The van der Waals surface area contributed by atoms with Gasteiger partial charge in [-0.15, -0.1) is 0 Å². The van der Waals surface area contributed by atoms with Crippen LogP contribution in [0.5, 0.6) is 11.5 Å². The van der Waals surface area contributed by atoms with Gasteiger partial charge in [-0.3, -0.25) is 4.79 Å². The van der Waals surface area contributed by atoms with E-state index < -0.39 is 17.6 Å². The van der Waals surface area contributed by atoms with Crippen molar-refractivity contribution in [3.05, 3.63) is 53.6 Å². The SMILES string of the molecule is O=C(Nc1ccccc1C(F)(F)F)c1cccc2c1OCCO2. The number of hydrogen-bond acceptors (Lipinski definition) is 3. The zero-order valence-corrected chi connectivity index (χ0v) is 11.8. The molecule has 0 unspecified atom stereocenters. The van der Waals surface area contributed by atoms with Crippen molar-refractivity contribution < 1.29 is 27.4 Å². The van der Waals surface area contributed by atoms with Crippen molar-refractivity contribution in [3.8, 4) is 11.5 Å². The minimum Gasteiger partial charge on any atom is -0.486 e. The van der Waals surface area contributed by atoms with Gasteiger partial charge in [-0.2, -0.15) is 13.2 Å². The number of nitrogens with one attached hydrogen (secondary N) is 1. The fraction of sp³-hybridized carbons (Fsp3) is 0.188. The molecule has 0 fully saturated rings. The number of alkyl halides is 3. The van der Waals surface area contributed by atoms with Crippen LogP contribution >= 0.6 is 0 Å². The van der Waals surface area contributed by atoms with Crippen molar-refractivity contribution in [2.45, 2.75) is 6.18 Å². The number of benzene rings is 2. The topological polar surface area (TPSA) is 47.6 Å². The predicted octanol–water partition coefficient (Wildman–Crippen LogP) is 3.73. The summed E-state index contributed by atoms with van der Waals surface area (Å²) in [5.74, 6) is -0.0576. The molecule has 1 aliphatic heterocycles. The molecular formula is C16H12F3NO3. The van der Waals surface area contributed by atoms with E-state index in [4.69, 9.17) is 9.47 Å². The van der Waals surface area contributed by atoms with E-state index in [1.165, 1.54) is 24.3 Å². The zero-order chi connectivity index (χ0) is 16.4. The summed E-state index contributed by atoms with van der Waals surface area (Å²) in [7, 11) is 0. The summed E-state index contributed by atoms with van der Waals surface area (Å²) in [5, 5.41) is 2.29. The number of carbonyl (C=O) groups is 1. The van der Waals surface area contributed by atoms with Gasteiger partial charge >= 0.3 is 6.18 Å². The zero-order valence-electron chi connectivity index (χ0n) is 11.8. The van der Waals surface area contributed by atoms with Crippen LogP contribution in [0.15, 0.2) is 42.5 Å². The molecular weight excluding hydrogens is 311 g/mol. The van der Waals surface area contributed by atoms with Crippen molar-refractivity contribution in [2.24, 2.45) is 0 Å². The largest absolute Gasteiger partial charge is 0.486 e. The molecule has 23 heavy (non-hydrogen) atoms. The minimum atomic E-state index is -4.56. The molecule has 1 aliphatic rings. The van der Waals surface area contributed by atoms with Gasteiger partial charge in [-0.1, -0.05) is 18.2 Å². The third kappa shape index (κ3) is 3.08. The molecule has 0 saturated carbocycles. The van der Waals surface area contributed by atoms with Crippen molar-refractivity contribution in [1.82, 2.24) is 0 Å². The second-order valence-corrected chi connectivity index (χ2v) is 4.83. The highest BCUT2D eigenvalue weighted by Gasteiger charge is 2.34. The molecule has 120 valence electrons. The number of para-hydroxylation sites is 2. The van der Waals surface area contributed by atoms with Crippen LogP contribution in [0.3, 0.4) is 0 Å². The number of rotatable bonds is 2. The van der Waals surface area contributed by atoms with Crippen LogP contribution in [-0.2, 0) is 6.18 Å². The first-order valence-electron chi connectivity index (χ1n) is 6.83. The lowest BCUT2D eigenvalue weighted by atomic mass is 10.1. The van der Waals surface area contributed by atoms with Crippen molar-refractivity contribution in [3.63, 3.8) is 0 Å². The summed E-state index contributed by atoms with van der Waals surface area (Å²) in [5.41, 5.74) is -1.09. The quantitative estimate of drug-likeness (QED) is 0.916. The highest BCUT2D eigenvalue weighted by atomic mass is 19.4. The lowest BCUT2D eigenvalue weighted by Gasteiger charge is -2.21. The first kappa shape index (κ1) is 15.2. The molecule has 3 rings (SSSR count). The Balaban J connectivity index is 1.92. The number of fused-ring (bicyclic) bond motifs is 1. The molecule has 4 nitrogen and oxygen atoms in total. The van der Waals surface area contributed by atoms with Gasteiger partial charge in [0.1, 0.15) is 13.2 Å². The first-order chi connectivity index (χ1) is 11.0. The van der Waals surface area contributed by atoms with Gasteiger partial charge in [-0.05, 0) is 24.3 Å². The van der Waals surface area contributed by atoms with Gasteiger partial charge in [0.2, 0.25) is 0 Å². The summed E-state index contributed by atoms with van der Waals surface area (Å²) in [6, 6.07) is 9.49. The number of carbonyl (C=O) groups excluding carboxylic acids is 1. The van der Waals surface area contributed by atoms with E-state index in [1.807, 2.05) is 0 Å². The summed E-state index contributed by atoms with van der Waals surface area (Å²) < 4.78 is 49.7. The fourth-order valence-corrected chi connectivity index (χ4v) is 2.28. The average Bonchev–Trinajstić information content (AvgIpc) is 2.54. The van der Waals surface area contributed by atoms with E-state index in [0.29, 0.717) is 12.4 Å². The van der Waals surface area contributed by atoms with Crippen molar-refractivity contribution in [1.29, 1.82) is 0 Å². The van der Waals surface area contributed by atoms with Crippen LogP contribution in [0.4, 0.5) is 18.9 Å². The van der Waals surface area contributed by atoms with E-state index in [-0.39, 0.29) is 23.6 Å². The summed E-state index contributed by atoms with van der Waals surface area (Å²) in [6.07, 6.45) is -4.56. The van der Waals surface area contributed by atoms with Gasteiger partial charge in [0.05, 0.1) is 16.8 Å². The minimum absolute atomic E-state index is 0.124. The second-order valence-electron chi connectivity index (χ2n) is 4.83. The van der Waals surface area contributed by atoms with Crippen molar-refractivity contribution in [2.75, 3.05) is 18.5 Å². The molecule has 0 radical (unpaired) electrons. The van der Waals surface area contributed by atoms with Crippen LogP contribution in [0.1, 0.15) is 15.9 Å². The normalized spacial score (nSPS) is 13.5. The maximum Gasteiger partial charge on any atom is 0.418 e. The Bertz CT molecular complexity index is 744. The third-order valence-corrected chi connectivity index (χ3v) is 3.29. The van der Waals surface area contributed by atoms with Gasteiger partial charge in [-0.25, -0.2) is 0 Å². The molecule has 1 N–H and O–H groups in total. The Morgan fingerprint density at radius 2 is 1.74 bits per heavy atom. The van der Waals surface area contributed by atoms with Gasteiger partial charge < -0.3 is 14.8 Å². The molecule has 0 atom stereocenters. The van der Waals surface area contributed by atoms with Gasteiger partial charge in [0.25, 0.3) is 5.91 Å².